The van der Waals surface area contributed by atoms with Crippen LogP contribution >= 0.6 is 15.9 Å². The van der Waals surface area contributed by atoms with Crippen LogP contribution in [0.5, 0.6) is 0 Å². The van der Waals surface area contributed by atoms with Gasteiger partial charge < -0.3 is 14.6 Å². The van der Waals surface area contributed by atoms with Gasteiger partial charge in [-0.15, -0.1) is 0 Å². The van der Waals surface area contributed by atoms with Crippen molar-refractivity contribution in [3.8, 4) is 0 Å². The first-order valence-corrected chi connectivity index (χ1v) is 10.0. The zero-order valence-electron chi connectivity index (χ0n) is 15.8. The number of carbonyl (C=O) groups is 1. The number of aromatic nitrogens is 3. The number of pyridine rings is 1. The number of nitrogens with one attached hydrogen (secondary N) is 1. The van der Waals surface area contributed by atoms with E-state index < -0.39 is 5.60 Å². The van der Waals surface area contributed by atoms with Crippen molar-refractivity contribution in [1.82, 2.24) is 19.9 Å². The van der Waals surface area contributed by atoms with E-state index >= 15 is 0 Å². The van der Waals surface area contributed by atoms with Gasteiger partial charge >= 0.3 is 6.09 Å². The molecule has 4 rings (SSSR count). The molecule has 1 aliphatic rings. The van der Waals surface area contributed by atoms with E-state index in [0.29, 0.717) is 6.42 Å². The summed E-state index contributed by atoms with van der Waals surface area (Å²) in [7, 11) is 0. The van der Waals surface area contributed by atoms with Gasteiger partial charge in [0, 0.05) is 28.9 Å². The van der Waals surface area contributed by atoms with Gasteiger partial charge in [-0.2, -0.15) is 0 Å². The van der Waals surface area contributed by atoms with Crippen molar-refractivity contribution in [2.75, 3.05) is 6.54 Å². The molecule has 7 heteroatoms. The minimum absolute atomic E-state index is 0.105. The molecular weight excluding hydrogens is 408 g/mol. The van der Waals surface area contributed by atoms with Crippen molar-refractivity contribution in [3.05, 3.63) is 34.7 Å². The fraction of sp³-hybridized carbons (Fsp3) is 0.450. The summed E-state index contributed by atoms with van der Waals surface area (Å²) in [5, 5.41) is 1.05. The van der Waals surface area contributed by atoms with Crippen molar-refractivity contribution in [3.63, 3.8) is 0 Å². The maximum atomic E-state index is 12.5. The molecule has 0 bridgehead atoms. The topological polar surface area (TPSA) is 71.1 Å². The molecule has 142 valence electrons. The number of imidazole rings is 1. The number of hydrogen-bond donors (Lipinski definition) is 1. The zero-order chi connectivity index (χ0) is 19.2. The number of nitrogens with zero attached hydrogens (tertiary/aromatic N) is 3. The number of carbonyl (C=O) groups excluding carboxylic acids is 1. The van der Waals surface area contributed by atoms with Gasteiger partial charge in [-0.3, -0.25) is 4.98 Å². The van der Waals surface area contributed by atoms with Crippen LogP contribution in [0.4, 0.5) is 4.79 Å². The summed E-state index contributed by atoms with van der Waals surface area (Å²) in [6.07, 6.45) is 4.19. The zero-order valence-corrected chi connectivity index (χ0v) is 17.3. The fourth-order valence-corrected chi connectivity index (χ4v) is 3.97. The monoisotopic (exact) mass is 430 g/mol. The number of amides is 1. The van der Waals surface area contributed by atoms with E-state index in [-0.39, 0.29) is 12.1 Å². The molecule has 0 saturated carbocycles. The lowest BCUT2D eigenvalue weighted by atomic mass is 10.1. The predicted molar refractivity (Wildman–Crippen MR) is 109 cm³/mol. The minimum atomic E-state index is -0.484. The second-order valence-corrected chi connectivity index (χ2v) is 8.95. The van der Waals surface area contributed by atoms with Crippen molar-refractivity contribution in [1.29, 1.82) is 0 Å². The molecule has 3 aromatic rings. The Labute approximate surface area is 166 Å². The Balaban J connectivity index is 1.59. The highest BCUT2D eigenvalue weighted by Crippen LogP contribution is 2.27. The fourth-order valence-electron chi connectivity index (χ4n) is 3.62. The maximum Gasteiger partial charge on any atom is 0.410 e. The standard InChI is InChI=1S/C20H23BrN4O2/c1-20(2,3)27-19(26)25-8-4-5-13(25)10-17-23-16-11-22-15-9-12(21)6-7-14(15)18(16)24-17/h6-7,9,11,13H,4-5,8,10H2,1-3H3,(H,23,24). The predicted octanol–water partition coefficient (Wildman–Crippen LogP) is 4.82. The molecule has 3 heterocycles. The number of fused-ring (bicyclic) bond motifs is 3. The largest absolute Gasteiger partial charge is 0.444 e. The number of aromatic amines is 1. The number of hydrogen-bond acceptors (Lipinski definition) is 4. The van der Waals surface area contributed by atoms with Gasteiger partial charge in [-0.1, -0.05) is 15.9 Å². The number of halogens is 1. The third kappa shape index (κ3) is 3.78. The van der Waals surface area contributed by atoms with Gasteiger partial charge in [0.15, 0.2) is 0 Å². The third-order valence-electron chi connectivity index (χ3n) is 4.77. The normalized spacial score (nSPS) is 17.8. The maximum absolute atomic E-state index is 12.5. The van der Waals surface area contributed by atoms with E-state index in [4.69, 9.17) is 9.72 Å². The van der Waals surface area contributed by atoms with Crippen LogP contribution in [-0.2, 0) is 11.2 Å². The van der Waals surface area contributed by atoms with E-state index in [1.54, 1.807) is 6.20 Å². The van der Waals surface area contributed by atoms with E-state index in [9.17, 15) is 4.79 Å². The molecule has 1 N–H and O–H groups in total. The number of ether oxygens (including phenoxy) is 1. The number of likely N-dealkylation sites (tertiary alicyclic amines) is 1. The van der Waals surface area contributed by atoms with Crippen LogP contribution in [-0.4, -0.2) is 44.1 Å². The van der Waals surface area contributed by atoms with E-state index in [2.05, 4.69) is 25.9 Å². The summed E-state index contributed by atoms with van der Waals surface area (Å²) < 4.78 is 6.56. The second kappa shape index (κ2) is 6.78. The summed E-state index contributed by atoms with van der Waals surface area (Å²) in [4.78, 5) is 27.0. The molecule has 1 fully saturated rings. The Morgan fingerprint density at radius 2 is 2.19 bits per heavy atom. The highest BCUT2D eigenvalue weighted by molar-refractivity contribution is 9.10. The van der Waals surface area contributed by atoms with Crippen LogP contribution in [0.3, 0.4) is 0 Å². The smallest absolute Gasteiger partial charge is 0.410 e. The lowest BCUT2D eigenvalue weighted by Gasteiger charge is -2.28. The van der Waals surface area contributed by atoms with Crippen LogP contribution in [0.25, 0.3) is 21.9 Å². The summed E-state index contributed by atoms with van der Waals surface area (Å²) in [6.45, 7) is 6.42. The molecule has 1 aromatic carbocycles. The first kappa shape index (κ1) is 18.2. The second-order valence-electron chi connectivity index (χ2n) is 8.04. The molecule has 0 spiro atoms. The van der Waals surface area contributed by atoms with Crippen molar-refractivity contribution >= 4 is 44.0 Å². The Morgan fingerprint density at radius 3 is 2.96 bits per heavy atom. The van der Waals surface area contributed by atoms with Crippen molar-refractivity contribution in [2.24, 2.45) is 0 Å². The van der Waals surface area contributed by atoms with E-state index in [1.165, 1.54) is 0 Å². The highest BCUT2D eigenvalue weighted by Gasteiger charge is 2.32. The molecule has 1 unspecified atom stereocenters. The third-order valence-corrected chi connectivity index (χ3v) is 5.26. The van der Waals surface area contributed by atoms with Gasteiger partial charge in [0.1, 0.15) is 16.9 Å². The Bertz CT molecular complexity index is 1010. The summed E-state index contributed by atoms with van der Waals surface area (Å²) in [5.74, 6) is 0.877. The molecular formula is C20H23BrN4O2. The Hall–Kier alpha value is -2.15. The summed E-state index contributed by atoms with van der Waals surface area (Å²) in [5.41, 5.74) is 2.27. The van der Waals surface area contributed by atoms with Gasteiger partial charge in [0.05, 0.1) is 17.2 Å². The summed E-state index contributed by atoms with van der Waals surface area (Å²) >= 11 is 3.49. The average molecular weight is 431 g/mol. The number of benzene rings is 1. The number of rotatable bonds is 2. The highest BCUT2D eigenvalue weighted by atomic mass is 79.9. The van der Waals surface area contributed by atoms with Crippen molar-refractivity contribution < 1.29 is 9.53 Å². The molecule has 0 aliphatic carbocycles. The van der Waals surface area contributed by atoms with Crippen LogP contribution in [0.2, 0.25) is 0 Å². The van der Waals surface area contributed by atoms with Crippen LogP contribution < -0.4 is 0 Å². The SMILES string of the molecule is CC(C)(C)OC(=O)N1CCCC1Cc1nc2cnc3cc(Br)ccc3c2[nH]1. The average Bonchev–Trinajstić information content (AvgIpc) is 3.19. The molecule has 1 atom stereocenters. The van der Waals surface area contributed by atoms with Crippen LogP contribution in [0.15, 0.2) is 28.9 Å². The lowest BCUT2D eigenvalue weighted by Crippen LogP contribution is -2.40. The van der Waals surface area contributed by atoms with Gasteiger partial charge in [-0.25, -0.2) is 9.78 Å². The first-order chi connectivity index (χ1) is 12.8. The molecule has 2 aromatic heterocycles. The van der Waals surface area contributed by atoms with E-state index in [1.807, 2.05) is 43.9 Å². The van der Waals surface area contributed by atoms with E-state index in [0.717, 1.165) is 51.6 Å². The molecule has 0 radical (unpaired) electrons. The molecule has 6 nitrogen and oxygen atoms in total. The molecule has 1 amide bonds. The van der Waals surface area contributed by atoms with Crippen molar-refractivity contribution in [2.45, 2.75) is 51.7 Å². The molecule has 1 saturated heterocycles. The Kier molecular flexibility index (Phi) is 4.58. The lowest BCUT2D eigenvalue weighted by molar-refractivity contribution is 0.0226. The molecule has 27 heavy (non-hydrogen) atoms. The first-order valence-electron chi connectivity index (χ1n) is 9.23. The van der Waals surface area contributed by atoms with Crippen LogP contribution in [0, 0.1) is 0 Å². The van der Waals surface area contributed by atoms with Gasteiger partial charge in [0.2, 0.25) is 0 Å². The summed E-state index contributed by atoms with van der Waals surface area (Å²) in [6, 6.07) is 6.15. The van der Waals surface area contributed by atoms with Crippen LogP contribution in [0.1, 0.15) is 39.4 Å². The Morgan fingerprint density at radius 1 is 1.37 bits per heavy atom. The molecule has 1 aliphatic heterocycles. The van der Waals surface area contributed by atoms with Gasteiger partial charge in [0.25, 0.3) is 0 Å². The number of H-pyrrole nitrogens is 1. The minimum Gasteiger partial charge on any atom is -0.444 e. The van der Waals surface area contributed by atoms with Gasteiger partial charge in [-0.05, 0) is 51.8 Å². The quantitative estimate of drug-likeness (QED) is 0.632.